The molecule has 0 unspecified atom stereocenters. The van der Waals surface area contributed by atoms with Crippen molar-refractivity contribution in [2.75, 3.05) is 39.3 Å². The minimum atomic E-state index is -0.193. The smallest absolute Gasteiger partial charge is 0.182 e. The van der Waals surface area contributed by atoms with Gasteiger partial charge in [0.1, 0.15) is 23.3 Å². The normalized spacial score (nSPS) is 13.0. The minimum Gasteiger partial charge on any atom is -0.323 e. The van der Waals surface area contributed by atoms with E-state index >= 15 is 0 Å². The third-order valence-corrected chi connectivity index (χ3v) is 15.0. The largest absolute Gasteiger partial charge is 0.323 e. The van der Waals surface area contributed by atoms with E-state index in [1.807, 2.05) is 36.4 Å². The number of halogens is 2. The first-order valence-corrected chi connectivity index (χ1v) is 28.7. The first-order chi connectivity index (χ1) is 40.8. The van der Waals surface area contributed by atoms with Crippen LogP contribution in [-0.2, 0) is 86.7 Å². The van der Waals surface area contributed by atoms with Gasteiger partial charge in [0, 0.05) is 62.6 Å². The molecule has 4 aromatic carbocycles. The number of rotatable bonds is 19. The Morgan fingerprint density at radius 3 is 1.04 bits per heavy atom. The van der Waals surface area contributed by atoms with Gasteiger partial charge in [-0.05, 0) is 137 Å². The number of imidazole rings is 2. The summed E-state index contributed by atoms with van der Waals surface area (Å²) in [6, 6.07) is 30.3. The highest BCUT2D eigenvalue weighted by Gasteiger charge is 2.24. The summed E-state index contributed by atoms with van der Waals surface area (Å²) in [7, 11) is 0. The Bertz CT molecular complexity index is 3010. The predicted molar refractivity (Wildman–Crippen MR) is 318 cm³/mol. The molecule has 18 nitrogen and oxygen atoms in total. The topological polar surface area (TPSA) is 239 Å². The van der Waals surface area contributed by atoms with Gasteiger partial charge in [-0.3, -0.25) is 47.9 Å². The lowest BCUT2D eigenvalue weighted by atomic mass is 9.93. The van der Waals surface area contributed by atoms with Crippen molar-refractivity contribution in [1.29, 1.82) is 0 Å². The number of carbonyl (C=O) groups excluding carboxylic acids is 10. The number of aromatic nitrogens is 6. The molecule has 2 aliphatic rings. The van der Waals surface area contributed by atoms with Crippen molar-refractivity contribution in [2.45, 2.75) is 78.3 Å². The van der Waals surface area contributed by atoms with E-state index in [4.69, 9.17) is 57.9 Å². The zero-order chi connectivity index (χ0) is 60.9. The highest BCUT2D eigenvalue weighted by molar-refractivity contribution is 7.09. The lowest BCUT2D eigenvalue weighted by Crippen LogP contribution is -2.36. The van der Waals surface area contributed by atoms with Gasteiger partial charge in [0.25, 0.3) is 0 Å². The molecule has 84 heavy (non-hydrogen) atoms. The van der Waals surface area contributed by atoms with Gasteiger partial charge >= 0.3 is 0 Å². The fourth-order valence-electron chi connectivity index (χ4n) is 9.40. The Kier molecular flexibility index (Phi) is 31.7. The fraction of sp³-hybridized carbons (Fsp3) is 0.323. The number of likely N-dealkylation sites (tertiary alicyclic amines) is 2. The number of fused-ring (bicyclic) bond motifs is 2. The van der Waals surface area contributed by atoms with Crippen LogP contribution in [0.5, 0.6) is 0 Å². The second-order valence-corrected chi connectivity index (χ2v) is 21.1. The highest BCUT2D eigenvalue weighted by atomic mass is 32.1. The summed E-state index contributed by atoms with van der Waals surface area (Å²) in [5, 5.41) is 6.69. The van der Waals surface area contributed by atoms with E-state index in [9.17, 15) is 8.78 Å². The van der Waals surface area contributed by atoms with Crippen LogP contribution in [0, 0.1) is 37.3 Å². The van der Waals surface area contributed by atoms with E-state index in [1.165, 1.54) is 61.3 Å². The first-order valence-electron chi connectivity index (χ1n) is 26.9. The third kappa shape index (κ3) is 24.2. The molecule has 10 rings (SSSR count). The Balaban J connectivity index is 0.000000274. The Hall–Kier alpha value is -8.44. The molecule has 0 saturated carbocycles. The van der Waals surface area contributed by atoms with Gasteiger partial charge in [-0.15, -0.1) is 22.7 Å². The Morgan fingerprint density at radius 2 is 0.750 bits per heavy atom. The van der Waals surface area contributed by atoms with E-state index in [0.29, 0.717) is 11.8 Å². The summed E-state index contributed by atoms with van der Waals surface area (Å²) in [5.74, 6) is 3.20. The van der Waals surface area contributed by atoms with Gasteiger partial charge in [-0.25, -0.2) is 28.7 Å². The molecule has 442 valence electrons. The number of para-hydroxylation sites is 4. The average Bonchev–Trinajstić information content (AvgIpc) is 4.53. The van der Waals surface area contributed by atoms with Gasteiger partial charge in [0.15, 0.2) is 62.9 Å². The molecule has 4 aromatic heterocycles. The molecule has 2 fully saturated rings. The van der Waals surface area contributed by atoms with E-state index < -0.39 is 0 Å². The number of piperidine rings is 2. The number of hydrogen-bond donors (Lipinski definition) is 0. The van der Waals surface area contributed by atoms with Crippen LogP contribution in [0.25, 0.3) is 22.1 Å². The number of carbonyl (C=O) groups is 10. The summed E-state index contributed by atoms with van der Waals surface area (Å²) in [6.45, 7) is 12.4. The second-order valence-electron chi connectivity index (χ2n) is 19.0. The summed E-state index contributed by atoms with van der Waals surface area (Å²) >= 11 is 3.48. The Labute approximate surface area is 494 Å². The number of aldehydes is 10. The van der Waals surface area contributed by atoms with Crippen molar-refractivity contribution < 1.29 is 56.7 Å². The number of hydrogen-bond acceptors (Lipinski definition) is 18. The molecule has 0 radical (unpaired) electrons. The van der Waals surface area contributed by atoms with Crippen molar-refractivity contribution in [3.63, 3.8) is 0 Å². The average molecular weight is 1190 g/mol. The summed E-state index contributed by atoms with van der Waals surface area (Å²) in [5.41, 5.74) is 9.05. The molecule has 22 heteroatoms. The highest BCUT2D eigenvalue weighted by Crippen LogP contribution is 2.28. The summed E-state index contributed by atoms with van der Waals surface area (Å²) < 4.78 is 31.4. The molecule has 2 saturated heterocycles. The number of nitrogens with zero attached hydrogens (tertiary/aromatic N) is 8. The SMILES string of the molecule is Cc1nc(CCN2CCC(Cc3nc4ccccc4n3Cc3ccc(F)cc3)CC2)cs1.Cc1nc(CCN2CCC(Cc3nc4ccccc4n3Cc3ccc(F)cc3)CC2)cs1.O=CC=O.O=CC=O.O=CC=O.O=CC=O.O=CC=O. The predicted octanol–water partition coefficient (Wildman–Crippen LogP) is 7.89. The van der Waals surface area contributed by atoms with Crippen LogP contribution in [0.1, 0.15) is 69.9 Å². The van der Waals surface area contributed by atoms with Crippen LogP contribution >= 0.6 is 22.7 Å². The minimum absolute atomic E-state index is 0.193. The Morgan fingerprint density at radius 1 is 0.440 bits per heavy atom. The van der Waals surface area contributed by atoms with Crippen LogP contribution in [0.15, 0.2) is 108 Å². The fourth-order valence-corrected chi connectivity index (χ4v) is 10.7. The number of benzene rings is 4. The van der Waals surface area contributed by atoms with E-state index in [0.717, 1.165) is 133 Å². The van der Waals surface area contributed by atoms with Gasteiger partial charge < -0.3 is 18.9 Å². The maximum Gasteiger partial charge on any atom is 0.182 e. The standard InChI is InChI=1S/2C26H29FN4S.5C2H2O2/c2*1-19-28-23(18-32-19)12-15-30-13-10-20(11-14-30)16-26-29-24-4-2-3-5-25(24)31(26)17-21-6-8-22(27)9-7-21;5*3-1-2-4/h2*2-9,18,20H,10-17H2,1H3;5*1-2H. The van der Waals surface area contributed by atoms with Crippen LogP contribution in [-0.4, -0.2) is 141 Å². The second kappa shape index (κ2) is 39.1. The molecule has 6 heterocycles. The maximum absolute atomic E-state index is 13.4. The van der Waals surface area contributed by atoms with Gasteiger partial charge in [-0.1, -0.05) is 48.5 Å². The molecule has 0 aliphatic carbocycles. The molecule has 0 bridgehead atoms. The molecule has 0 amide bonds. The number of aryl methyl sites for hydroxylation is 2. The van der Waals surface area contributed by atoms with Crippen molar-refractivity contribution in [1.82, 2.24) is 38.9 Å². The van der Waals surface area contributed by atoms with E-state index in [-0.39, 0.29) is 74.5 Å². The van der Waals surface area contributed by atoms with Crippen molar-refractivity contribution >= 4 is 108 Å². The van der Waals surface area contributed by atoms with Gasteiger partial charge in [0.05, 0.1) is 43.5 Å². The number of thiazole rings is 2. The molecule has 0 spiro atoms. The third-order valence-electron chi connectivity index (χ3n) is 13.3. The van der Waals surface area contributed by atoms with Crippen LogP contribution in [0.4, 0.5) is 8.78 Å². The molecule has 0 N–H and O–H groups in total. The van der Waals surface area contributed by atoms with Crippen LogP contribution in [0.3, 0.4) is 0 Å². The molecule has 8 aromatic rings. The van der Waals surface area contributed by atoms with E-state index in [2.05, 4.69) is 89.9 Å². The lowest BCUT2D eigenvalue weighted by molar-refractivity contribution is -0.122. The van der Waals surface area contributed by atoms with Crippen molar-refractivity contribution in [3.8, 4) is 0 Å². The van der Waals surface area contributed by atoms with Crippen LogP contribution < -0.4 is 0 Å². The van der Waals surface area contributed by atoms with Crippen LogP contribution in [0.2, 0.25) is 0 Å². The zero-order valence-corrected chi connectivity index (χ0v) is 48.5. The molecule has 2 aliphatic heterocycles. The van der Waals surface area contributed by atoms with Gasteiger partial charge in [0.2, 0.25) is 0 Å². The zero-order valence-electron chi connectivity index (χ0n) is 46.9. The van der Waals surface area contributed by atoms with Crippen molar-refractivity contribution in [2.24, 2.45) is 11.8 Å². The van der Waals surface area contributed by atoms with E-state index in [1.54, 1.807) is 22.7 Å². The first kappa shape index (κ1) is 68.1. The quantitative estimate of drug-likeness (QED) is 0.0552. The summed E-state index contributed by atoms with van der Waals surface area (Å²) in [4.78, 5) is 112. The van der Waals surface area contributed by atoms with Crippen molar-refractivity contribution in [3.05, 3.63) is 164 Å². The van der Waals surface area contributed by atoms with Gasteiger partial charge in [-0.2, -0.15) is 0 Å². The molecular weight excluding hydrogens is 1120 g/mol. The lowest BCUT2D eigenvalue weighted by Gasteiger charge is -2.31. The monoisotopic (exact) mass is 1190 g/mol. The molecule has 0 atom stereocenters. The molecular formula is C62H68F2N8O10S2. The maximum atomic E-state index is 13.4. The summed E-state index contributed by atoms with van der Waals surface area (Å²) in [6.07, 6.45) is 10.8.